The third kappa shape index (κ3) is 5.16. The summed E-state index contributed by atoms with van der Waals surface area (Å²) < 4.78 is 0. The van der Waals surface area contributed by atoms with Crippen molar-refractivity contribution in [2.45, 2.75) is 26.2 Å². The minimum atomic E-state index is -0.0564. The summed E-state index contributed by atoms with van der Waals surface area (Å²) in [4.78, 5) is 27.8. The van der Waals surface area contributed by atoms with Crippen molar-refractivity contribution < 1.29 is 4.79 Å². The van der Waals surface area contributed by atoms with Crippen LogP contribution in [0, 0.1) is 12.8 Å². The van der Waals surface area contributed by atoms with E-state index in [4.69, 9.17) is 0 Å². The summed E-state index contributed by atoms with van der Waals surface area (Å²) >= 11 is 0. The third-order valence-corrected chi connectivity index (χ3v) is 6.86. The zero-order chi connectivity index (χ0) is 23.3. The molecule has 3 aromatic rings. The molecule has 0 N–H and O–H groups in total. The summed E-state index contributed by atoms with van der Waals surface area (Å²) in [6.07, 6.45) is 5.02. The lowest BCUT2D eigenvalue weighted by Crippen LogP contribution is -2.49. The maximum Gasteiger partial charge on any atom is 0.274 e. The van der Waals surface area contributed by atoms with Crippen molar-refractivity contribution in [3.05, 3.63) is 71.8 Å². The van der Waals surface area contributed by atoms with Crippen LogP contribution >= 0.6 is 0 Å². The van der Waals surface area contributed by atoms with Crippen LogP contribution < -0.4 is 9.80 Å². The molecule has 176 valence electrons. The lowest BCUT2D eigenvalue weighted by atomic mass is 9.90. The van der Waals surface area contributed by atoms with Crippen LogP contribution in [0.3, 0.4) is 0 Å². The molecule has 2 saturated heterocycles. The molecule has 8 nitrogen and oxygen atoms in total. The summed E-state index contributed by atoms with van der Waals surface area (Å²) in [5.41, 5.74) is 2.77. The van der Waals surface area contributed by atoms with E-state index in [2.05, 4.69) is 60.3 Å². The second kappa shape index (κ2) is 10.2. The number of hydrogen-bond acceptors (Lipinski definition) is 7. The molecule has 0 spiro atoms. The molecule has 0 radical (unpaired) electrons. The predicted octanol–water partition coefficient (Wildman–Crippen LogP) is 3.00. The Kier molecular flexibility index (Phi) is 6.65. The van der Waals surface area contributed by atoms with Gasteiger partial charge in [0.1, 0.15) is 12.1 Å². The van der Waals surface area contributed by atoms with Crippen LogP contribution in [-0.2, 0) is 6.42 Å². The summed E-state index contributed by atoms with van der Waals surface area (Å²) in [6, 6.07) is 16.5. The van der Waals surface area contributed by atoms with Crippen LogP contribution in [0.1, 0.15) is 34.6 Å². The van der Waals surface area contributed by atoms with E-state index in [1.165, 1.54) is 5.56 Å². The van der Waals surface area contributed by atoms with Crippen molar-refractivity contribution in [3.8, 4) is 0 Å². The standard InChI is InChI=1S/C26H31N7O/c1-20-17-25(28-19-27-20)32-13-15-33(16-14-32)26(34)23-7-8-24(30-29-23)31-11-9-22(10-12-31)18-21-5-3-2-4-6-21/h2-8,17,19,22H,9-16,18H2,1H3. The number of piperidine rings is 1. The second-order valence-corrected chi connectivity index (χ2v) is 9.19. The molecule has 8 heteroatoms. The maximum absolute atomic E-state index is 13.0. The first-order valence-corrected chi connectivity index (χ1v) is 12.1. The van der Waals surface area contributed by atoms with Crippen molar-refractivity contribution in [3.63, 3.8) is 0 Å². The van der Waals surface area contributed by atoms with Gasteiger partial charge >= 0.3 is 0 Å². The molecule has 1 amide bonds. The molecule has 0 aliphatic carbocycles. The quantitative estimate of drug-likeness (QED) is 0.583. The van der Waals surface area contributed by atoms with Crippen LogP contribution in [0.25, 0.3) is 0 Å². The fourth-order valence-electron chi connectivity index (χ4n) is 4.84. The zero-order valence-corrected chi connectivity index (χ0v) is 19.7. The van der Waals surface area contributed by atoms with Crippen LogP contribution in [0.5, 0.6) is 0 Å². The molecule has 0 unspecified atom stereocenters. The van der Waals surface area contributed by atoms with Crippen molar-refractivity contribution in [2.24, 2.45) is 5.92 Å². The summed E-state index contributed by atoms with van der Waals surface area (Å²) in [5.74, 6) is 2.42. The number of rotatable bonds is 5. The predicted molar refractivity (Wildman–Crippen MR) is 132 cm³/mol. The van der Waals surface area contributed by atoms with Crippen molar-refractivity contribution in [2.75, 3.05) is 49.1 Å². The van der Waals surface area contributed by atoms with Crippen LogP contribution in [0.4, 0.5) is 11.6 Å². The summed E-state index contributed by atoms with van der Waals surface area (Å²) in [7, 11) is 0. The minimum absolute atomic E-state index is 0.0564. The molecule has 0 bridgehead atoms. The Labute approximate surface area is 200 Å². The summed E-state index contributed by atoms with van der Waals surface area (Å²) in [5, 5.41) is 8.69. The number of nitrogens with zero attached hydrogens (tertiary/aromatic N) is 7. The molecule has 2 aliphatic rings. The van der Waals surface area contributed by atoms with Crippen LogP contribution in [0.15, 0.2) is 54.9 Å². The lowest BCUT2D eigenvalue weighted by molar-refractivity contribution is 0.0739. The Morgan fingerprint density at radius 2 is 1.59 bits per heavy atom. The Bertz CT molecular complexity index is 1090. The fourth-order valence-corrected chi connectivity index (χ4v) is 4.84. The summed E-state index contributed by atoms with van der Waals surface area (Å²) in [6.45, 7) is 6.67. The van der Waals surface area contributed by atoms with E-state index in [9.17, 15) is 4.79 Å². The lowest BCUT2D eigenvalue weighted by Gasteiger charge is -2.35. The van der Waals surface area contributed by atoms with Gasteiger partial charge in [-0.1, -0.05) is 30.3 Å². The van der Waals surface area contributed by atoms with Gasteiger partial charge in [0, 0.05) is 51.0 Å². The topological polar surface area (TPSA) is 78.4 Å². The number of benzene rings is 1. The Morgan fingerprint density at radius 3 is 2.26 bits per heavy atom. The van der Waals surface area contributed by atoms with Gasteiger partial charge in [-0.2, -0.15) is 0 Å². The van der Waals surface area contributed by atoms with Gasteiger partial charge in [-0.05, 0) is 49.8 Å². The van der Waals surface area contributed by atoms with Gasteiger partial charge in [-0.25, -0.2) is 9.97 Å². The first-order valence-electron chi connectivity index (χ1n) is 12.1. The highest BCUT2D eigenvalue weighted by Gasteiger charge is 2.25. The molecule has 34 heavy (non-hydrogen) atoms. The first-order chi connectivity index (χ1) is 16.7. The monoisotopic (exact) mass is 457 g/mol. The van der Waals surface area contributed by atoms with Crippen LogP contribution in [-0.4, -0.2) is 70.2 Å². The van der Waals surface area contributed by atoms with Crippen molar-refractivity contribution >= 4 is 17.5 Å². The highest BCUT2D eigenvalue weighted by atomic mass is 16.2. The molecule has 0 atom stereocenters. The largest absolute Gasteiger partial charge is 0.355 e. The Balaban J connectivity index is 1.12. The smallest absolute Gasteiger partial charge is 0.274 e. The van der Waals surface area contributed by atoms with Gasteiger partial charge in [0.25, 0.3) is 5.91 Å². The molecule has 2 aliphatic heterocycles. The van der Waals surface area contributed by atoms with Gasteiger partial charge in [-0.15, -0.1) is 10.2 Å². The molecule has 1 aromatic carbocycles. The number of anilines is 2. The van der Waals surface area contributed by atoms with E-state index < -0.39 is 0 Å². The molecule has 2 aromatic heterocycles. The van der Waals surface area contributed by atoms with E-state index in [1.807, 2.05) is 30.0 Å². The van der Waals surface area contributed by atoms with Gasteiger partial charge in [-0.3, -0.25) is 4.79 Å². The normalized spacial score (nSPS) is 17.1. The van der Waals surface area contributed by atoms with Gasteiger partial charge in [0.2, 0.25) is 0 Å². The number of hydrogen-bond donors (Lipinski definition) is 0. The van der Waals surface area contributed by atoms with E-state index in [0.29, 0.717) is 24.7 Å². The molecular weight excluding hydrogens is 426 g/mol. The minimum Gasteiger partial charge on any atom is -0.355 e. The van der Waals surface area contributed by atoms with E-state index in [0.717, 1.165) is 62.8 Å². The first kappa shape index (κ1) is 22.3. The Morgan fingerprint density at radius 1 is 0.853 bits per heavy atom. The number of carbonyl (C=O) groups is 1. The third-order valence-electron chi connectivity index (χ3n) is 6.86. The maximum atomic E-state index is 13.0. The molecule has 4 heterocycles. The fraction of sp³-hybridized carbons (Fsp3) is 0.423. The Hall–Kier alpha value is -3.55. The van der Waals surface area contributed by atoms with Crippen molar-refractivity contribution in [1.29, 1.82) is 0 Å². The highest BCUT2D eigenvalue weighted by Crippen LogP contribution is 2.24. The average molecular weight is 458 g/mol. The van der Waals surface area contributed by atoms with Crippen LogP contribution in [0.2, 0.25) is 0 Å². The molecule has 0 saturated carbocycles. The van der Waals surface area contributed by atoms with E-state index >= 15 is 0 Å². The number of carbonyl (C=O) groups excluding carboxylic acids is 1. The number of aromatic nitrogens is 4. The zero-order valence-electron chi connectivity index (χ0n) is 19.7. The average Bonchev–Trinajstić information content (AvgIpc) is 2.90. The van der Waals surface area contributed by atoms with Gasteiger partial charge < -0.3 is 14.7 Å². The second-order valence-electron chi connectivity index (χ2n) is 9.19. The number of aryl methyl sites for hydroxylation is 1. The molecular formula is C26H31N7O. The molecule has 2 fully saturated rings. The highest BCUT2D eigenvalue weighted by molar-refractivity contribution is 5.92. The number of piperazine rings is 1. The van der Waals surface area contributed by atoms with E-state index in [-0.39, 0.29) is 5.91 Å². The van der Waals surface area contributed by atoms with Gasteiger partial charge in [0.05, 0.1) is 0 Å². The number of amides is 1. The SMILES string of the molecule is Cc1cc(N2CCN(C(=O)c3ccc(N4CCC(Cc5ccccc5)CC4)nn3)CC2)ncn1. The van der Waals surface area contributed by atoms with Gasteiger partial charge in [0.15, 0.2) is 11.5 Å². The molecule has 5 rings (SSSR count). The van der Waals surface area contributed by atoms with Crippen molar-refractivity contribution in [1.82, 2.24) is 25.1 Å². The van der Waals surface area contributed by atoms with E-state index in [1.54, 1.807) is 6.33 Å².